The summed E-state index contributed by atoms with van der Waals surface area (Å²) >= 11 is 1.55. The Morgan fingerprint density at radius 3 is 3.14 bits per heavy atom. The smallest absolute Gasteiger partial charge is 0.223 e. The second kappa shape index (κ2) is 6.87. The van der Waals surface area contributed by atoms with Crippen LogP contribution < -0.4 is 0 Å². The molecular formula is C20H17FN4O2S. The third kappa shape index (κ3) is 2.99. The van der Waals surface area contributed by atoms with E-state index in [-0.39, 0.29) is 11.7 Å². The normalized spacial score (nSPS) is 16.5. The zero-order valence-electron chi connectivity index (χ0n) is 14.9. The molecular weight excluding hydrogens is 379 g/mol. The number of hydrogen-bond acceptors (Lipinski definition) is 5. The van der Waals surface area contributed by atoms with E-state index in [1.807, 2.05) is 10.3 Å². The number of hydrogen-bond donors (Lipinski definition) is 1. The fourth-order valence-electron chi connectivity index (χ4n) is 3.74. The number of nitrogens with zero attached hydrogens (tertiary/aromatic N) is 3. The van der Waals surface area contributed by atoms with Crippen molar-refractivity contribution in [2.24, 2.45) is 0 Å². The lowest BCUT2D eigenvalue weighted by molar-refractivity contribution is -0.133. The number of amides is 1. The number of fused-ring (bicyclic) bond motifs is 2. The van der Waals surface area contributed by atoms with E-state index in [1.54, 1.807) is 36.0 Å². The Labute approximate surface area is 164 Å². The number of aromatic nitrogens is 3. The van der Waals surface area contributed by atoms with Crippen molar-refractivity contribution in [2.75, 3.05) is 6.54 Å². The number of carbonyl (C=O) groups excluding carboxylic acids is 1. The molecule has 0 spiro atoms. The minimum atomic E-state index is -0.422. The maximum Gasteiger partial charge on any atom is 0.223 e. The first-order chi connectivity index (χ1) is 13.7. The number of nitrogens with one attached hydrogen (secondary N) is 1. The first-order valence-electron chi connectivity index (χ1n) is 9.08. The average molecular weight is 396 g/mol. The summed E-state index contributed by atoms with van der Waals surface area (Å²) in [6.45, 7) is 0.571. The molecule has 0 saturated carbocycles. The van der Waals surface area contributed by atoms with Crippen LogP contribution in [0.2, 0.25) is 0 Å². The van der Waals surface area contributed by atoms with Crippen LogP contribution in [0.4, 0.5) is 4.39 Å². The molecule has 1 amide bonds. The summed E-state index contributed by atoms with van der Waals surface area (Å²) < 4.78 is 19.6. The number of aromatic amines is 1. The molecule has 0 saturated heterocycles. The topological polar surface area (TPSA) is 75.0 Å². The monoisotopic (exact) mass is 396 g/mol. The fraction of sp³-hybridized carbons (Fsp3) is 0.250. The number of thiazole rings is 1. The minimum Gasteiger partial charge on any atom is -0.458 e. The summed E-state index contributed by atoms with van der Waals surface area (Å²) in [4.78, 5) is 26.7. The van der Waals surface area contributed by atoms with Crippen molar-refractivity contribution in [2.45, 2.75) is 25.3 Å². The lowest BCUT2D eigenvalue weighted by Crippen LogP contribution is -2.40. The van der Waals surface area contributed by atoms with Crippen LogP contribution in [0, 0.1) is 5.82 Å². The van der Waals surface area contributed by atoms with Crippen molar-refractivity contribution in [3.8, 4) is 0 Å². The van der Waals surface area contributed by atoms with Gasteiger partial charge in [0.15, 0.2) is 0 Å². The van der Waals surface area contributed by atoms with Gasteiger partial charge in [-0.1, -0.05) is 0 Å². The van der Waals surface area contributed by atoms with E-state index in [2.05, 4.69) is 15.0 Å². The van der Waals surface area contributed by atoms with Gasteiger partial charge in [-0.3, -0.25) is 4.79 Å². The third-order valence-corrected chi connectivity index (χ3v) is 5.89. The Bertz CT molecular complexity index is 1130. The molecule has 8 heteroatoms. The van der Waals surface area contributed by atoms with Crippen LogP contribution in [-0.2, 0) is 17.6 Å². The van der Waals surface area contributed by atoms with Gasteiger partial charge in [-0.05, 0) is 24.3 Å². The number of furan rings is 1. The molecule has 1 aliphatic rings. The fourth-order valence-corrected chi connectivity index (χ4v) is 4.36. The van der Waals surface area contributed by atoms with Gasteiger partial charge >= 0.3 is 0 Å². The van der Waals surface area contributed by atoms with Gasteiger partial charge in [0.2, 0.25) is 5.91 Å². The molecule has 0 unspecified atom stereocenters. The number of carbonyl (C=O) groups is 1. The van der Waals surface area contributed by atoms with Gasteiger partial charge in [0, 0.05) is 48.5 Å². The zero-order valence-corrected chi connectivity index (χ0v) is 15.7. The molecule has 5 rings (SSSR count). The summed E-state index contributed by atoms with van der Waals surface area (Å²) in [5.74, 6) is 0.303. The maximum absolute atomic E-state index is 13.6. The Balaban J connectivity index is 1.49. The van der Waals surface area contributed by atoms with Crippen molar-refractivity contribution < 1.29 is 13.6 Å². The molecule has 6 nitrogen and oxygen atoms in total. The van der Waals surface area contributed by atoms with E-state index in [0.29, 0.717) is 42.5 Å². The number of aryl methyl sites for hydroxylation is 1. The van der Waals surface area contributed by atoms with E-state index in [1.165, 1.54) is 12.1 Å². The Hall–Kier alpha value is -3.00. The molecule has 0 aliphatic carbocycles. The number of halogens is 1. The van der Waals surface area contributed by atoms with Crippen molar-refractivity contribution in [1.82, 2.24) is 19.9 Å². The second-order valence-electron chi connectivity index (χ2n) is 6.76. The van der Waals surface area contributed by atoms with Crippen LogP contribution >= 0.6 is 11.3 Å². The molecule has 4 aromatic rings. The van der Waals surface area contributed by atoms with Crippen LogP contribution in [-0.4, -0.2) is 32.3 Å². The molecule has 1 atom stereocenters. The summed E-state index contributed by atoms with van der Waals surface area (Å²) in [7, 11) is 0. The van der Waals surface area contributed by atoms with E-state index < -0.39 is 6.04 Å². The van der Waals surface area contributed by atoms with E-state index in [4.69, 9.17) is 4.42 Å². The maximum atomic E-state index is 13.6. The Morgan fingerprint density at radius 2 is 2.29 bits per heavy atom. The molecule has 1 N–H and O–H groups in total. The summed E-state index contributed by atoms with van der Waals surface area (Å²) in [6, 6.07) is 5.79. The highest BCUT2D eigenvalue weighted by Crippen LogP contribution is 2.36. The predicted molar refractivity (Wildman–Crippen MR) is 102 cm³/mol. The number of H-pyrrole nitrogens is 1. The predicted octanol–water partition coefficient (Wildman–Crippen LogP) is 3.86. The Kier molecular flexibility index (Phi) is 4.20. The highest BCUT2D eigenvalue weighted by atomic mass is 32.1. The molecule has 3 aromatic heterocycles. The highest BCUT2D eigenvalue weighted by Gasteiger charge is 2.36. The second-order valence-corrected chi connectivity index (χ2v) is 7.74. The summed E-state index contributed by atoms with van der Waals surface area (Å²) in [5, 5.41) is 3.53. The van der Waals surface area contributed by atoms with Gasteiger partial charge in [0.1, 0.15) is 23.2 Å². The molecule has 28 heavy (non-hydrogen) atoms. The summed E-state index contributed by atoms with van der Waals surface area (Å²) in [5.41, 5.74) is 2.38. The molecule has 4 heterocycles. The van der Waals surface area contributed by atoms with Crippen LogP contribution in [0.5, 0.6) is 0 Å². The van der Waals surface area contributed by atoms with Gasteiger partial charge in [-0.2, -0.15) is 0 Å². The molecule has 0 fully saturated rings. The van der Waals surface area contributed by atoms with Gasteiger partial charge in [-0.15, -0.1) is 11.3 Å². The highest BCUT2D eigenvalue weighted by molar-refractivity contribution is 7.09. The van der Waals surface area contributed by atoms with Crippen LogP contribution in [0.25, 0.3) is 11.0 Å². The molecule has 0 bridgehead atoms. The average Bonchev–Trinajstić information content (AvgIpc) is 3.44. The molecule has 1 aromatic carbocycles. The third-order valence-electron chi connectivity index (χ3n) is 5.05. The van der Waals surface area contributed by atoms with Gasteiger partial charge < -0.3 is 14.3 Å². The van der Waals surface area contributed by atoms with Crippen molar-refractivity contribution in [1.29, 1.82) is 0 Å². The largest absolute Gasteiger partial charge is 0.458 e. The van der Waals surface area contributed by atoms with Crippen LogP contribution in [0.3, 0.4) is 0 Å². The number of benzene rings is 1. The quantitative estimate of drug-likeness (QED) is 0.568. The lowest BCUT2D eigenvalue weighted by Gasteiger charge is -2.33. The van der Waals surface area contributed by atoms with E-state index in [9.17, 15) is 9.18 Å². The number of imidazole rings is 1. The van der Waals surface area contributed by atoms with Gasteiger partial charge in [0.25, 0.3) is 0 Å². The summed E-state index contributed by atoms with van der Waals surface area (Å²) in [6.07, 6.45) is 5.09. The van der Waals surface area contributed by atoms with Crippen LogP contribution in [0.1, 0.15) is 34.6 Å². The number of rotatable bonds is 4. The standard InChI is InChI=1S/C20H17FN4O2S/c21-13-1-2-15-12(9-13)10-16(27-15)20-19-14(23-11-24-19)5-7-25(20)18(26)4-3-17-22-6-8-28-17/h1-2,6,8-11,20H,3-5,7H2,(H,23,24)/t20-/m0/s1. The van der Waals surface area contributed by atoms with Crippen LogP contribution in [0.15, 0.2) is 46.6 Å². The van der Waals surface area contributed by atoms with Gasteiger partial charge in [0.05, 0.1) is 17.0 Å². The zero-order chi connectivity index (χ0) is 19.1. The minimum absolute atomic E-state index is 0.0282. The first kappa shape index (κ1) is 17.1. The lowest BCUT2D eigenvalue weighted by atomic mass is 9.99. The molecule has 142 valence electrons. The van der Waals surface area contributed by atoms with Crippen molar-refractivity contribution >= 4 is 28.2 Å². The molecule has 0 radical (unpaired) electrons. The van der Waals surface area contributed by atoms with E-state index in [0.717, 1.165) is 16.4 Å². The molecule has 1 aliphatic heterocycles. The Morgan fingerprint density at radius 1 is 1.36 bits per heavy atom. The first-order valence-corrected chi connectivity index (χ1v) is 9.96. The van der Waals surface area contributed by atoms with E-state index >= 15 is 0 Å². The SMILES string of the molecule is O=C(CCc1nccs1)N1CCc2[nH]cnc2[C@@H]1c1cc2cc(F)ccc2o1. The van der Waals surface area contributed by atoms with Crippen molar-refractivity contribution in [3.63, 3.8) is 0 Å². The van der Waals surface area contributed by atoms with Gasteiger partial charge in [-0.25, -0.2) is 14.4 Å². The van der Waals surface area contributed by atoms with Crippen molar-refractivity contribution in [3.05, 3.63) is 70.1 Å².